The minimum atomic E-state index is -2.89. The molecule has 0 saturated heterocycles. The number of nitrogens with one attached hydrogen (secondary N) is 1. The number of hydrogen-bond donors (Lipinski definition) is 6. The molecule has 0 aliphatic rings. The minimum Gasteiger partial charge on any atom is -0.481 e. The lowest BCUT2D eigenvalue weighted by molar-refractivity contribution is -0.172. The maximum atomic E-state index is 13.3. The number of hydrogen-bond acceptors (Lipinski definition) is 7. The molecule has 10 heteroatoms. The van der Waals surface area contributed by atoms with Crippen molar-refractivity contribution in [1.82, 2.24) is 5.32 Å². The quantitative estimate of drug-likeness (QED) is 0.0511. The van der Waals surface area contributed by atoms with Gasteiger partial charge in [0.05, 0.1) is 31.1 Å². The van der Waals surface area contributed by atoms with Gasteiger partial charge < -0.3 is 35.6 Å². The van der Waals surface area contributed by atoms with Crippen molar-refractivity contribution in [2.24, 2.45) is 5.92 Å². The molecule has 0 heterocycles. The largest absolute Gasteiger partial charge is 0.481 e. The summed E-state index contributed by atoms with van der Waals surface area (Å²) in [5, 5.41) is 52.6. The number of benzene rings is 1. The summed E-state index contributed by atoms with van der Waals surface area (Å²) < 4.78 is 5.48. The van der Waals surface area contributed by atoms with Crippen LogP contribution in [0.15, 0.2) is 36.4 Å². The third kappa shape index (κ3) is 16.5. The van der Waals surface area contributed by atoms with Gasteiger partial charge in [0.2, 0.25) is 5.91 Å². The van der Waals surface area contributed by atoms with Crippen molar-refractivity contribution in [3.05, 3.63) is 42.0 Å². The highest BCUT2D eigenvalue weighted by molar-refractivity contribution is 5.93. The van der Waals surface area contributed by atoms with Crippen LogP contribution in [0.5, 0.6) is 5.75 Å². The SMILES string of the molecule is CC#CCOc1ccc(C[C@@H](CO)NC(=O)[C@@H](C=CCCCCCCC(O)CCCCCCC)[C@@](O)(CC(=O)O)C(=O)O)cc1. The monoisotopic (exact) mass is 631 g/mol. The van der Waals surface area contributed by atoms with Crippen LogP contribution >= 0.6 is 0 Å². The van der Waals surface area contributed by atoms with E-state index >= 15 is 0 Å². The van der Waals surface area contributed by atoms with E-state index in [2.05, 4.69) is 24.1 Å². The summed E-state index contributed by atoms with van der Waals surface area (Å²) in [5.74, 6) is 0.117. The molecule has 252 valence electrons. The lowest BCUT2D eigenvalue weighted by atomic mass is 9.82. The number of carboxylic acids is 2. The van der Waals surface area contributed by atoms with Gasteiger partial charge in [0.25, 0.3) is 0 Å². The normalized spacial score (nSPS) is 14.5. The molecule has 1 aromatic carbocycles. The zero-order valence-corrected chi connectivity index (χ0v) is 26.9. The molecule has 0 bridgehead atoms. The second-order valence-electron chi connectivity index (χ2n) is 11.5. The summed E-state index contributed by atoms with van der Waals surface area (Å²) in [6, 6.07) is 6.15. The maximum Gasteiger partial charge on any atom is 0.337 e. The van der Waals surface area contributed by atoms with Crippen molar-refractivity contribution < 1.29 is 44.7 Å². The molecule has 6 N–H and O–H groups in total. The third-order valence-corrected chi connectivity index (χ3v) is 7.68. The predicted octanol–water partition coefficient (Wildman–Crippen LogP) is 4.63. The number of aliphatic carboxylic acids is 2. The summed E-state index contributed by atoms with van der Waals surface area (Å²) in [6.45, 7) is 3.66. The second-order valence-corrected chi connectivity index (χ2v) is 11.5. The van der Waals surface area contributed by atoms with Crippen LogP contribution in [0.4, 0.5) is 0 Å². The van der Waals surface area contributed by atoms with Gasteiger partial charge in [-0.05, 0) is 56.7 Å². The first kappa shape index (κ1) is 39.6. The van der Waals surface area contributed by atoms with Crippen LogP contribution in [0.1, 0.15) is 103 Å². The highest BCUT2D eigenvalue weighted by atomic mass is 16.5. The Morgan fingerprint density at radius 3 is 2.16 bits per heavy atom. The highest BCUT2D eigenvalue weighted by Crippen LogP contribution is 2.26. The van der Waals surface area contributed by atoms with Gasteiger partial charge in [0.15, 0.2) is 5.60 Å². The summed E-state index contributed by atoms with van der Waals surface area (Å²) in [7, 11) is 0. The molecule has 1 amide bonds. The van der Waals surface area contributed by atoms with Gasteiger partial charge in [-0.15, -0.1) is 5.92 Å². The molecule has 0 fully saturated rings. The van der Waals surface area contributed by atoms with E-state index in [1.807, 2.05) is 0 Å². The molecule has 0 aliphatic carbocycles. The maximum absolute atomic E-state index is 13.3. The number of carbonyl (C=O) groups excluding carboxylic acids is 1. The molecule has 0 spiro atoms. The first-order chi connectivity index (χ1) is 21.6. The molecule has 4 atom stereocenters. The molecular weight excluding hydrogens is 578 g/mol. The first-order valence-corrected chi connectivity index (χ1v) is 16.1. The van der Waals surface area contributed by atoms with Crippen LogP contribution in [-0.2, 0) is 20.8 Å². The van der Waals surface area contributed by atoms with Crippen molar-refractivity contribution in [3.8, 4) is 17.6 Å². The van der Waals surface area contributed by atoms with Crippen LogP contribution in [0, 0.1) is 17.8 Å². The zero-order valence-electron chi connectivity index (χ0n) is 26.9. The van der Waals surface area contributed by atoms with E-state index in [0.717, 1.165) is 56.9 Å². The van der Waals surface area contributed by atoms with Crippen LogP contribution in [0.2, 0.25) is 0 Å². The molecule has 1 rings (SSSR count). The topological polar surface area (TPSA) is 174 Å². The Morgan fingerprint density at radius 2 is 1.60 bits per heavy atom. The van der Waals surface area contributed by atoms with E-state index in [1.54, 1.807) is 37.3 Å². The Labute approximate surface area is 267 Å². The molecular formula is C35H53NO9. The number of aliphatic hydroxyl groups is 3. The fourth-order valence-corrected chi connectivity index (χ4v) is 5.02. The van der Waals surface area contributed by atoms with Crippen molar-refractivity contribution >= 4 is 17.8 Å². The van der Waals surface area contributed by atoms with E-state index in [1.165, 1.54) is 25.3 Å². The van der Waals surface area contributed by atoms with Crippen LogP contribution in [0.25, 0.3) is 0 Å². The van der Waals surface area contributed by atoms with Gasteiger partial charge in [-0.25, -0.2) is 4.79 Å². The first-order valence-electron chi connectivity index (χ1n) is 16.1. The number of aliphatic hydroxyl groups excluding tert-OH is 2. The lowest BCUT2D eigenvalue weighted by Crippen LogP contribution is -2.54. The van der Waals surface area contributed by atoms with Gasteiger partial charge in [0.1, 0.15) is 12.4 Å². The van der Waals surface area contributed by atoms with E-state index in [9.17, 15) is 39.9 Å². The minimum absolute atomic E-state index is 0.200. The standard InChI is InChI=1S/C35H53NO9/c1-3-5-7-10-13-16-29(38)17-14-11-8-9-12-15-18-31(35(44,34(42)43)25-32(39)40)33(41)36-28(26-37)24-27-19-21-30(22-20-27)45-23-6-4-2/h15,18-22,28-29,31,37-38,44H,3,5,7-14,16-17,23-26H2,1-2H3,(H,36,41)(H,39,40)(H,42,43)/t28-,29?,31+,35-/m0/s1. The molecule has 1 unspecified atom stereocenters. The smallest absolute Gasteiger partial charge is 0.337 e. The van der Waals surface area contributed by atoms with Crippen LogP contribution in [0.3, 0.4) is 0 Å². The number of carboxylic acid groups (broad SMARTS) is 2. The van der Waals surface area contributed by atoms with Gasteiger partial charge in [-0.2, -0.15) is 0 Å². The Kier molecular flexibility index (Phi) is 20.3. The van der Waals surface area contributed by atoms with Gasteiger partial charge in [-0.3, -0.25) is 9.59 Å². The highest BCUT2D eigenvalue weighted by Gasteiger charge is 2.48. The van der Waals surface area contributed by atoms with E-state index in [4.69, 9.17) is 4.74 Å². The molecule has 0 radical (unpaired) electrons. The summed E-state index contributed by atoms with van der Waals surface area (Å²) in [4.78, 5) is 36.8. The van der Waals surface area contributed by atoms with Crippen LogP contribution in [-0.4, -0.2) is 74.3 Å². The summed E-state index contributed by atoms with van der Waals surface area (Å²) in [5.41, 5.74) is -2.13. The van der Waals surface area contributed by atoms with Crippen molar-refractivity contribution in [1.29, 1.82) is 0 Å². The Bertz CT molecular complexity index is 1090. The zero-order chi connectivity index (χ0) is 33.5. The number of ether oxygens (including phenoxy) is 1. The fourth-order valence-electron chi connectivity index (χ4n) is 5.02. The molecule has 0 aliphatic heterocycles. The van der Waals surface area contributed by atoms with Crippen molar-refractivity contribution in [2.75, 3.05) is 13.2 Å². The number of unbranched alkanes of at least 4 members (excludes halogenated alkanes) is 8. The second kappa shape index (κ2) is 23.0. The Hall–Kier alpha value is -3.39. The van der Waals surface area contributed by atoms with E-state index in [-0.39, 0.29) is 19.1 Å². The molecule has 45 heavy (non-hydrogen) atoms. The van der Waals surface area contributed by atoms with Crippen molar-refractivity contribution in [2.45, 2.75) is 121 Å². The van der Waals surface area contributed by atoms with E-state index < -0.39 is 48.4 Å². The van der Waals surface area contributed by atoms with Crippen molar-refractivity contribution in [3.63, 3.8) is 0 Å². The van der Waals surface area contributed by atoms with Gasteiger partial charge in [-0.1, -0.05) is 88.5 Å². The average Bonchev–Trinajstić information content (AvgIpc) is 3.00. The summed E-state index contributed by atoms with van der Waals surface area (Å²) >= 11 is 0. The third-order valence-electron chi connectivity index (χ3n) is 7.68. The van der Waals surface area contributed by atoms with Crippen LogP contribution < -0.4 is 10.1 Å². The predicted molar refractivity (Wildman–Crippen MR) is 173 cm³/mol. The fraction of sp³-hybridized carbons (Fsp3) is 0.629. The van der Waals surface area contributed by atoms with Gasteiger partial charge >= 0.3 is 11.9 Å². The number of carbonyl (C=O) groups is 3. The molecule has 0 aromatic heterocycles. The molecule has 1 aromatic rings. The Morgan fingerprint density at radius 1 is 0.978 bits per heavy atom. The lowest BCUT2D eigenvalue weighted by Gasteiger charge is -2.30. The van der Waals surface area contributed by atoms with Gasteiger partial charge in [0, 0.05) is 0 Å². The summed E-state index contributed by atoms with van der Waals surface area (Å²) in [6.07, 6.45) is 12.9. The Balaban J connectivity index is 2.75. The average molecular weight is 632 g/mol. The number of rotatable bonds is 25. The molecule has 10 nitrogen and oxygen atoms in total. The number of amides is 1. The van der Waals surface area contributed by atoms with E-state index in [0.29, 0.717) is 12.2 Å². The molecule has 0 saturated carbocycles. The number of allylic oxidation sites excluding steroid dienone is 1.